The zero-order chi connectivity index (χ0) is 16.4. The van der Waals surface area contributed by atoms with Crippen molar-refractivity contribution in [1.29, 1.82) is 0 Å². The summed E-state index contributed by atoms with van der Waals surface area (Å²) in [6.45, 7) is 0. The first-order valence-electron chi connectivity index (χ1n) is 9.74. The third-order valence-electron chi connectivity index (χ3n) is 6.94. The predicted molar refractivity (Wildman–Crippen MR) is 102 cm³/mol. The molecule has 1 radical (unpaired) electrons. The third kappa shape index (κ3) is 2.58. The quantitative estimate of drug-likeness (QED) is 0.357. The van der Waals surface area contributed by atoms with Crippen LogP contribution in [-0.4, -0.2) is 4.98 Å². The van der Waals surface area contributed by atoms with Gasteiger partial charge >= 0.3 is 0 Å². The molecule has 4 bridgehead atoms. The Morgan fingerprint density at radius 3 is 2.27 bits per heavy atom. The summed E-state index contributed by atoms with van der Waals surface area (Å²) in [5.41, 5.74) is 5.47. The number of hydrogen-bond acceptors (Lipinski definition) is 1. The fourth-order valence-corrected chi connectivity index (χ4v) is 5.96. The van der Waals surface area contributed by atoms with Gasteiger partial charge in [-0.3, -0.25) is 0 Å². The first kappa shape index (κ1) is 16.7. The first-order chi connectivity index (χ1) is 12.3. The monoisotopic (exact) mass is 517 g/mol. The molecule has 0 spiro atoms. The van der Waals surface area contributed by atoms with Gasteiger partial charge in [-0.25, -0.2) is 0 Å². The van der Waals surface area contributed by atoms with Crippen molar-refractivity contribution in [3.05, 3.63) is 65.9 Å². The van der Waals surface area contributed by atoms with Gasteiger partial charge in [0.15, 0.2) is 0 Å². The minimum absolute atomic E-state index is 0. The van der Waals surface area contributed by atoms with Crippen molar-refractivity contribution in [3.63, 3.8) is 0 Å². The summed E-state index contributed by atoms with van der Waals surface area (Å²) in [6.07, 6.45) is 9.15. The summed E-state index contributed by atoms with van der Waals surface area (Å²) in [5.74, 6) is 3.51. The number of benzene rings is 2. The van der Waals surface area contributed by atoms with E-state index < -0.39 is 0 Å². The van der Waals surface area contributed by atoms with Gasteiger partial charge in [-0.05, 0) is 59.4 Å². The summed E-state index contributed by atoms with van der Waals surface area (Å²) >= 11 is 0. The third-order valence-corrected chi connectivity index (χ3v) is 6.94. The molecule has 0 N–H and O–H groups in total. The Bertz CT molecular complexity index is 965. The van der Waals surface area contributed by atoms with E-state index in [4.69, 9.17) is 4.98 Å². The molecule has 2 heteroatoms. The Labute approximate surface area is 168 Å². The molecule has 2 aromatic carbocycles. The molecule has 4 aliphatic rings. The molecule has 2 fully saturated rings. The van der Waals surface area contributed by atoms with Crippen molar-refractivity contribution in [2.24, 2.45) is 11.8 Å². The van der Waals surface area contributed by atoms with Crippen LogP contribution in [0.3, 0.4) is 0 Å². The Morgan fingerprint density at radius 2 is 1.50 bits per heavy atom. The smallest absolute Gasteiger partial charge is 0.0239 e. The van der Waals surface area contributed by atoms with E-state index in [1.807, 2.05) is 6.20 Å². The van der Waals surface area contributed by atoms with E-state index in [2.05, 4.69) is 48.5 Å². The zero-order valence-electron chi connectivity index (χ0n) is 14.7. The standard InChI is InChI=1S/C24H22N.Ir/c1-2-4-19-14-25-24(13-17(19)3-1)18-5-6-22-20-8-15-7-16(9-20)11-21(10-15)23(22)12-18;/h1-4,6,12-16,20-21H,7-11H2;/q-1;. The summed E-state index contributed by atoms with van der Waals surface area (Å²) in [6, 6.07) is 19.0. The second kappa shape index (κ2) is 6.29. The van der Waals surface area contributed by atoms with Gasteiger partial charge in [-0.1, -0.05) is 43.2 Å². The van der Waals surface area contributed by atoms with Crippen molar-refractivity contribution in [1.82, 2.24) is 4.98 Å². The van der Waals surface area contributed by atoms with Gasteiger partial charge < -0.3 is 4.98 Å². The second-order valence-electron chi connectivity index (χ2n) is 8.48. The molecule has 1 aromatic heterocycles. The van der Waals surface area contributed by atoms with Crippen molar-refractivity contribution in [2.75, 3.05) is 0 Å². The summed E-state index contributed by atoms with van der Waals surface area (Å²) < 4.78 is 0. The van der Waals surface area contributed by atoms with E-state index in [-0.39, 0.29) is 20.1 Å². The van der Waals surface area contributed by atoms with Gasteiger partial charge in [-0.15, -0.1) is 34.9 Å². The molecule has 2 atom stereocenters. The second-order valence-corrected chi connectivity index (χ2v) is 8.48. The fraction of sp³-hybridized carbons (Fsp3) is 0.375. The van der Waals surface area contributed by atoms with Gasteiger partial charge in [0.2, 0.25) is 0 Å². The Balaban J connectivity index is 0.00000150. The van der Waals surface area contributed by atoms with E-state index in [0.717, 1.165) is 29.4 Å². The molecule has 133 valence electrons. The van der Waals surface area contributed by atoms with Crippen molar-refractivity contribution in [2.45, 2.75) is 43.9 Å². The molecule has 1 heterocycles. The van der Waals surface area contributed by atoms with Crippen LogP contribution in [0.4, 0.5) is 0 Å². The van der Waals surface area contributed by atoms with Crippen LogP contribution in [0, 0.1) is 17.9 Å². The van der Waals surface area contributed by atoms with Crippen LogP contribution >= 0.6 is 0 Å². The fourth-order valence-electron chi connectivity index (χ4n) is 5.96. The van der Waals surface area contributed by atoms with Crippen LogP contribution in [0.5, 0.6) is 0 Å². The molecule has 4 aliphatic carbocycles. The number of aromatic nitrogens is 1. The van der Waals surface area contributed by atoms with Crippen LogP contribution in [0.2, 0.25) is 0 Å². The van der Waals surface area contributed by atoms with E-state index in [1.54, 1.807) is 11.1 Å². The topological polar surface area (TPSA) is 12.9 Å². The molecule has 2 saturated carbocycles. The number of rotatable bonds is 1. The van der Waals surface area contributed by atoms with Crippen molar-refractivity contribution in [3.8, 4) is 11.3 Å². The van der Waals surface area contributed by atoms with Gasteiger partial charge in [0, 0.05) is 26.3 Å². The van der Waals surface area contributed by atoms with Crippen molar-refractivity contribution < 1.29 is 20.1 Å². The number of hydrogen-bond donors (Lipinski definition) is 0. The van der Waals surface area contributed by atoms with E-state index >= 15 is 0 Å². The number of pyridine rings is 1. The van der Waals surface area contributed by atoms with E-state index in [1.165, 1.54) is 48.4 Å². The van der Waals surface area contributed by atoms with E-state index in [9.17, 15) is 0 Å². The number of fused-ring (bicyclic) bond motifs is 1. The molecule has 26 heavy (non-hydrogen) atoms. The average Bonchev–Trinajstić information content (AvgIpc) is 2.82. The summed E-state index contributed by atoms with van der Waals surface area (Å²) in [7, 11) is 0. The van der Waals surface area contributed by atoms with Crippen LogP contribution in [0.15, 0.2) is 48.7 Å². The minimum atomic E-state index is 0. The Hall–Kier alpha value is -1.50. The van der Waals surface area contributed by atoms with Gasteiger partial charge in [0.05, 0.1) is 0 Å². The minimum Gasteiger partial charge on any atom is -0.304 e. The average molecular weight is 517 g/mol. The molecular formula is C24H22IrN-. The van der Waals surface area contributed by atoms with Crippen LogP contribution in [0.1, 0.15) is 55.1 Å². The predicted octanol–water partition coefficient (Wildman–Crippen LogP) is 6.09. The Kier molecular flexibility index (Phi) is 4.03. The molecule has 3 aromatic rings. The van der Waals surface area contributed by atoms with Crippen LogP contribution in [0.25, 0.3) is 22.0 Å². The van der Waals surface area contributed by atoms with E-state index in [0.29, 0.717) is 0 Å². The molecule has 0 amide bonds. The molecule has 7 rings (SSSR count). The van der Waals surface area contributed by atoms with Gasteiger partial charge in [0.1, 0.15) is 0 Å². The van der Waals surface area contributed by atoms with Gasteiger partial charge in [0.25, 0.3) is 0 Å². The maximum absolute atomic E-state index is 4.73. The molecule has 0 saturated heterocycles. The molecule has 0 aliphatic heterocycles. The number of nitrogens with zero attached hydrogens (tertiary/aromatic N) is 1. The summed E-state index contributed by atoms with van der Waals surface area (Å²) in [4.78, 5) is 4.73. The van der Waals surface area contributed by atoms with Crippen LogP contribution < -0.4 is 0 Å². The maximum Gasteiger partial charge on any atom is 0.0239 e. The maximum atomic E-state index is 4.73. The first-order valence-corrected chi connectivity index (χ1v) is 9.74. The molecular weight excluding hydrogens is 494 g/mol. The SMILES string of the molecule is [Ir].[c-]1cc2c(cc1-c1cc3ccccc3cn1)C1CC3CC(CC2C3)C1. The van der Waals surface area contributed by atoms with Gasteiger partial charge in [-0.2, -0.15) is 0 Å². The largest absolute Gasteiger partial charge is 0.304 e. The Morgan fingerprint density at radius 1 is 0.808 bits per heavy atom. The zero-order valence-corrected chi connectivity index (χ0v) is 17.1. The molecule has 1 nitrogen and oxygen atoms in total. The summed E-state index contributed by atoms with van der Waals surface area (Å²) in [5, 5.41) is 2.47. The molecule has 2 unspecified atom stereocenters. The van der Waals surface area contributed by atoms with Crippen molar-refractivity contribution >= 4 is 10.8 Å². The normalized spacial score (nSPS) is 28.5. The van der Waals surface area contributed by atoms with Crippen LogP contribution in [-0.2, 0) is 20.1 Å².